The highest BCUT2D eigenvalue weighted by Crippen LogP contribution is 2.08. The van der Waals surface area contributed by atoms with Crippen molar-refractivity contribution in [3.63, 3.8) is 0 Å². The van der Waals surface area contributed by atoms with Crippen LogP contribution in [0.5, 0.6) is 0 Å². The van der Waals surface area contributed by atoms with Crippen molar-refractivity contribution in [3.05, 3.63) is 70.7 Å². The second kappa shape index (κ2) is 4.68. The maximum absolute atomic E-state index is 5.80. The maximum Gasteiger partial charge on any atom is 0.0497 e. The lowest BCUT2D eigenvalue weighted by atomic mass is 10.2. The smallest absolute Gasteiger partial charge is 0.0497 e. The van der Waals surface area contributed by atoms with E-state index in [9.17, 15) is 0 Å². The molecule has 0 aromatic heterocycles. The van der Waals surface area contributed by atoms with E-state index >= 15 is 0 Å². The average molecular weight is 212 g/mol. The van der Waals surface area contributed by atoms with Crippen LogP contribution in [0, 0.1) is 17.9 Å². The van der Waals surface area contributed by atoms with Gasteiger partial charge in [0.25, 0.3) is 0 Å². The van der Waals surface area contributed by atoms with Crippen LogP contribution in [0.2, 0.25) is 5.02 Å². The van der Waals surface area contributed by atoms with Gasteiger partial charge in [0.15, 0.2) is 0 Å². The first-order valence-electron chi connectivity index (χ1n) is 4.59. The van der Waals surface area contributed by atoms with E-state index in [2.05, 4.69) is 17.9 Å². The molecule has 71 valence electrons. The minimum Gasteiger partial charge on any atom is -0.0836 e. The van der Waals surface area contributed by atoms with E-state index in [1.165, 1.54) is 0 Å². The molecule has 15 heavy (non-hydrogen) atoms. The van der Waals surface area contributed by atoms with Gasteiger partial charge in [-0.1, -0.05) is 47.7 Å². The Kier molecular flexibility index (Phi) is 3.07. The summed E-state index contributed by atoms with van der Waals surface area (Å²) >= 11 is 5.80. The molecule has 1 heteroatoms. The molecule has 0 aliphatic rings. The molecular formula is C14H8Cl. The van der Waals surface area contributed by atoms with Crippen LogP contribution in [0.4, 0.5) is 0 Å². The molecule has 0 bridgehead atoms. The normalized spacial score (nSPS) is 9.13. The summed E-state index contributed by atoms with van der Waals surface area (Å²) in [7, 11) is 0. The molecule has 2 rings (SSSR count). The predicted octanol–water partition coefficient (Wildman–Crippen LogP) is 3.54. The lowest BCUT2D eigenvalue weighted by molar-refractivity contribution is 1.61. The molecular weight excluding hydrogens is 204 g/mol. The lowest BCUT2D eigenvalue weighted by Gasteiger charge is -1.90. The van der Waals surface area contributed by atoms with Gasteiger partial charge in [-0.3, -0.25) is 0 Å². The third-order valence-electron chi connectivity index (χ3n) is 1.89. The van der Waals surface area contributed by atoms with Crippen LogP contribution in [0.3, 0.4) is 0 Å². The first kappa shape index (κ1) is 9.83. The molecule has 0 nitrogen and oxygen atoms in total. The van der Waals surface area contributed by atoms with Crippen LogP contribution in [0.15, 0.2) is 48.5 Å². The molecule has 0 spiro atoms. The molecule has 0 aliphatic carbocycles. The quantitative estimate of drug-likeness (QED) is 0.585. The van der Waals surface area contributed by atoms with Gasteiger partial charge in [0.2, 0.25) is 0 Å². The summed E-state index contributed by atoms with van der Waals surface area (Å²) in [5.41, 5.74) is 1.91. The van der Waals surface area contributed by atoms with Gasteiger partial charge in [0, 0.05) is 22.2 Å². The molecule has 0 atom stereocenters. The van der Waals surface area contributed by atoms with E-state index in [1.54, 1.807) is 12.1 Å². The van der Waals surface area contributed by atoms with Gasteiger partial charge in [-0.05, 0) is 24.3 Å². The van der Waals surface area contributed by atoms with Crippen LogP contribution in [0.25, 0.3) is 0 Å². The van der Waals surface area contributed by atoms with Crippen LogP contribution in [-0.2, 0) is 0 Å². The second-order valence-corrected chi connectivity index (χ2v) is 3.45. The third kappa shape index (κ3) is 2.87. The van der Waals surface area contributed by atoms with Gasteiger partial charge in [0.1, 0.15) is 0 Å². The van der Waals surface area contributed by atoms with Crippen molar-refractivity contribution in [1.82, 2.24) is 0 Å². The minimum absolute atomic E-state index is 0.592. The van der Waals surface area contributed by atoms with E-state index in [1.807, 2.05) is 36.4 Å². The Labute approximate surface area is 94.5 Å². The highest BCUT2D eigenvalue weighted by molar-refractivity contribution is 6.30. The maximum atomic E-state index is 5.80. The monoisotopic (exact) mass is 211 g/mol. The standard InChI is InChI=1S/C14H8Cl/c15-14-8-4-7-13(11-14)10-9-12-5-2-1-3-6-12/h1-7,11H. The minimum atomic E-state index is 0.592. The van der Waals surface area contributed by atoms with Crippen molar-refractivity contribution in [1.29, 1.82) is 0 Å². The number of halogens is 1. The fraction of sp³-hybridized carbons (Fsp3) is 0. The topological polar surface area (TPSA) is 0 Å². The number of rotatable bonds is 0. The van der Waals surface area contributed by atoms with Crippen LogP contribution < -0.4 is 0 Å². The molecule has 1 radical (unpaired) electrons. The average Bonchev–Trinajstić information content (AvgIpc) is 2.28. The molecule has 0 fully saturated rings. The van der Waals surface area contributed by atoms with Gasteiger partial charge in [-0.15, -0.1) is 0 Å². The SMILES string of the molecule is Clc1[c]ccc(C#Cc2ccccc2)c1. The fourth-order valence-corrected chi connectivity index (χ4v) is 1.36. The highest BCUT2D eigenvalue weighted by atomic mass is 35.5. The summed E-state index contributed by atoms with van der Waals surface area (Å²) in [5, 5.41) is 0.592. The van der Waals surface area contributed by atoms with E-state index < -0.39 is 0 Å². The Morgan fingerprint density at radius 2 is 1.67 bits per heavy atom. The predicted molar refractivity (Wildman–Crippen MR) is 62.7 cm³/mol. The van der Waals surface area contributed by atoms with Crippen molar-refractivity contribution in [2.45, 2.75) is 0 Å². The molecule has 0 unspecified atom stereocenters. The fourth-order valence-electron chi connectivity index (χ4n) is 1.18. The second-order valence-electron chi connectivity index (χ2n) is 3.04. The lowest BCUT2D eigenvalue weighted by Crippen LogP contribution is -1.75. The van der Waals surface area contributed by atoms with Gasteiger partial charge in [0.05, 0.1) is 0 Å². The van der Waals surface area contributed by atoms with E-state index in [0.29, 0.717) is 5.02 Å². The van der Waals surface area contributed by atoms with Crippen molar-refractivity contribution in [3.8, 4) is 11.8 Å². The van der Waals surface area contributed by atoms with Crippen molar-refractivity contribution in [2.75, 3.05) is 0 Å². The van der Waals surface area contributed by atoms with Crippen molar-refractivity contribution >= 4 is 11.6 Å². The van der Waals surface area contributed by atoms with E-state index in [0.717, 1.165) is 11.1 Å². The van der Waals surface area contributed by atoms with Crippen LogP contribution in [0.1, 0.15) is 11.1 Å². The summed E-state index contributed by atoms with van der Waals surface area (Å²) in [6.07, 6.45) is 0. The zero-order valence-corrected chi connectivity index (χ0v) is 8.75. The molecule has 0 amide bonds. The number of hydrogen-bond acceptors (Lipinski definition) is 0. The summed E-state index contributed by atoms with van der Waals surface area (Å²) in [5.74, 6) is 6.11. The largest absolute Gasteiger partial charge is 0.0836 e. The zero-order valence-electron chi connectivity index (χ0n) is 8.00. The van der Waals surface area contributed by atoms with E-state index in [-0.39, 0.29) is 0 Å². The molecule has 2 aromatic carbocycles. The van der Waals surface area contributed by atoms with Crippen molar-refractivity contribution in [2.24, 2.45) is 0 Å². The highest BCUT2D eigenvalue weighted by Gasteiger charge is 1.89. The summed E-state index contributed by atoms with van der Waals surface area (Å²) < 4.78 is 0. The first-order chi connectivity index (χ1) is 7.34. The molecule has 0 aliphatic heterocycles. The summed E-state index contributed by atoms with van der Waals surface area (Å²) in [6, 6.07) is 18.2. The van der Waals surface area contributed by atoms with Crippen molar-refractivity contribution < 1.29 is 0 Å². The Bertz CT molecular complexity index is 504. The molecule has 0 N–H and O–H groups in total. The molecule has 2 aromatic rings. The first-order valence-corrected chi connectivity index (χ1v) is 4.97. The Morgan fingerprint density at radius 3 is 2.40 bits per heavy atom. The Balaban J connectivity index is 2.26. The summed E-state index contributed by atoms with van der Waals surface area (Å²) in [4.78, 5) is 0. The zero-order chi connectivity index (χ0) is 10.5. The number of hydrogen-bond donors (Lipinski definition) is 0. The van der Waals surface area contributed by atoms with Gasteiger partial charge < -0.3 is 0 Å². The van der Waals surface area contributed by atoms with Gasteiger partial charge in [-0.25, -0.2) is 0 Å². The van der Waals surface area contributed by atoms with Gasteiger partial charge in [-0.2, -0.15) is 0 Å². The molecule has 0 saturated carbocycles. The van der Waals surface area contributed by atoms with E-state index in [4.69, 9.17) is 11.6 Å². The molecule has 0 saturated heterocycles. The summed E-state index contributed by atoms with van der Waals surface area (Å²) in [6.45, 7) is 0. The van der Waals surface area contributed by atoms with Crippen LogP contribution >= 0.6 is 11.6 Å². The van der Waals surface area contributed by atoms with Crippen LogP contribution in [-0.4, -0.2) is 0 Å². The molecule has 0 heterocycles. The Hall–Kier alpha value is -1.71. The Morgan fingerprint density at radius 1 is 0.933 bits per heavy atom. The number of benzene rings is 2. The third-order valence-corrected chi connectivity index (χ3v) is 2.11. The van der Waals surface area contributed by atoms with Gasteiger partial charge >= 0.3 is 0 Å².